The molecule has 2 unspecified atom stereocenters. The first-order chi connectivity index (χ1) is 29.4. The normalized spacial score (nSPS) is 16.0. The van der Waals surface area contributed by atoms with Crippen LogP contribution in [0.25, 0.3) is 0 Å². The van der Waals surface area contributed by atoms with Gasteiger partial charge in [-0.3, -0.25) is 0 Å². The molecule has 0 aliphatic carbocycles. The number of hydrogen-bond acceptors (Lipinski definition) is 15. The van der Waals surface area contributed by atoms with Crippen molar-refractivity contribution in [2.24, 2.45) is 4.52 Å². The highest BCUT2D eigenvalue weighted by Crippen LogP contribution is 2.78. The Balaban J connectivity index is 1.58. The molecule has 0 amide bonds. The van der Waals surface area contributed by atoms with Gasteiger partial charge in [-0.1, -0.05) is 72.8 Å². The topological polar surface area (TPSA) is 130 Å². The Bertz CT molecular complexity index is 2370. The molecule has 0 spiro atoms. The molecule has 0 aromatic heterocycles. The SMILES string of the molecule is COc1ccccc1ON1P(Oc2ccccc2OC)N=P(Oc2ccccc2OC)(Oc2ccccc2OC)N(Oc2ccccc2OC)P1Oc1ccccc1OC. The zero-order valence-electron chi connectivity index (χ0n) is 33.4. The van der Waals surface area contributed by atoms with Gasteiger partial charge in [0.05, 0.1) is 42.7 Å². The van der Waals surface area contributed by atoms with E-state index in [4.69, 9.17) is 60.7 Å². The van der Waals surface area contributed by atoms with E-state index in [0.717, 1.165) is 0 Å². The molecule has 15 nitrogen and oxygen atoms in total. The number of methoxy groups -OCH3 is 6. The highest BCUT2D eigenvalue weighted by Gasteiger charge is 2.59. The van der Waals surface area contributed by atoms with Gasteiger partial charge in [-0.05, 0) is 72.8 Å². The van der Waals surface area contributed by atoms with Crippen molar-refractivity contribution in [2.75, 3.05) is 42.7 Å². The van der Waals surface area contributed by atoms with Gasteiger partial charge in [-0.25, -0.2) is 0 Å². The molecule has 7 rings (SSSR count). The van der Waals surface area contributed by atoms with Crippen LogP contribution in [-0.2, 0) is 0 Å². The molecule has 18 heteroatoms. The average molecular weight is 874 g/mol. The highest BCUT2D eigenvalue weighted by molar-refractivity contribution is 7.78. The lowest BCUT2D eigenvalue weighted by atomic mass is 10.3. The van der Waals surface area contributed by atoms with Crippen LogP contribution >= 0.6 is 24.6 Å². The average Bonchev–Trinajstić information content (AvgIpc) is 3.29. The molecule has 2 atom stereocenters. The van der Waals surface area contributed by atoms with Crippen LogP contribution in [0.2, 0.25) is 0 Å². The minimum Gasteiger partial charge on any atom is -0.493 e. The van der Waals surface area contributed by atoms with Crippen LogP contribution in [0.3, 0.4) is 0 Å². The van der Waals surface area contributed by atoms with Gasteiger partial charge >= 0.3 is 24.6 Å². The lowest BCUT2D eigenvalue weighted by Gasteiger charge is -2.44. The first-order valence-corrected chi connectivity index (χ1v) is 22.0. The maximum Gasteiger partial charge on any atom is 0.447 e. The van der Waals surface area contributed by atoms with E-state index in [1.54, 1.807) is 112 Å². The third-order valence-corrected chi connectivity index (χ3v) is 15.2. The van der Waals surface area contributed by atoms with E-state index in [1.807, 2.05) is 54.6 Å². The van der Waals surface area contributed by atoms with Gasteiger partial charge < -0.3 is 56.2 Å². The second kappa shape index (κ2) is 19.8. The van der Waals surface area contributed by atoms with Crippen LogP contribution in [0.15, 0.2) is 150 Å². The molecular weight excluding hydrogens is 831 g/mol. The number of rotatable bonds is 18. The molecular formula is C42H42N3O12P3. The maximum atomic E-state index is 7.12. The fourth-order valence-corrected chi connectivity index (χ4v) is 13.1. The zero-order valence-corrected chi connectivity index (χ0v) is 36.1. The third-order valence-electron chi connectivity index (χ3n) is 8.41. The van der Waals surface area contributed by atoms with Crippen molar-refractivity contribution >= 4 is 24.6 Å². The number of ether oxygens (including phenoxy) is 6. The monoisotopic (exact) mass is 873 g/mol. The second-order valence-corrected chi connectivity index (χ2v) is 17.6. The molecule has 0 fully saturated rings. The van der Waals surface area contributed by atoms with Crippen LogP contribution in [-0.4, -0.2) is 51.9 Å². The lowest BCUT2D eigenvalue weighted by molar-refractivity contribution is 0.0506. The van der Waals surface area contributed by atoms with Crippen molar-refractivity contribution in [2.45, 2.75) is 0 Å². The molecule has 0 saturated heterocycles. The molecule has 1 heterocycles. The van der Waals surface area contributed by atoms with Gasteiger partial charge in [0.2, 0.25) is 0 Å². The Kier molecular flexibility index (Phi) is 13.9. The summed E-state index contributed by atoms with van der Waals surface area (Å²) >= 11 is 0. The Morgan fingerprint density at radius 3 is 1.07 bits per heavy atom. The summed E-state index contributed by atoms with van der Waals surface area (Å²) in [7, 11) is 0.0829. The van der Waals surface area contributed by atoms with Gasteiger partial charge in [-0.2, -0.15) is 0 Å². The molecule has 1 aliphatic rings. The van der Waals surface area contributed by atoms with E-state index < -0.39 is 24.6 Å². The number of para-hydroxylation sites is 12. The molecule has 312 valence electrons. The zero-order chi connectivity index (χ0) is 41.9. The fourth-order valence-electron chi connectivity index (χ4n) is 5.57. The molecule has 60 heavy (non-hydrogen) atoms. The van der Waals surface area contributed by atoms with Gasteiger partial charge in [0, 0.05) is 9.21 Å². The summed E-state index contributed by atoms with van der Waals surface area (Å²) in [5.41, 5.74) is 0. The Morgan fingerprint density at radius 2 is 0.667 bits per heavy atom. The van der Waals surface area contributed by atoms with E-state index in [0.29, 0.717) is 51.7 Å². The van der Waals surface area contributed by atoms with E-state index in [-0.39, 0.29) is 17.2 Å². The highest BCUT2D eigenvalue weighted by atomic mass is 31.3. The smallest absolute Gasteiger partial charge is 0.447 e. The number of hydrogen-bond donors (Lipinski definition) is 0. The van der Waals surface area contributed by atoms with Crippen molar-refractivity contribution in [3.8, 4) is 69.0 Å². The number of benzene rings is 6. The predicted octanol–water partition coefficient (Wildman–Crippen LogP) is 11.4. The van der Waals surface area contributed by atoms with Crippen LogP contribution < -0.4 is 56.2 Å². The first-order valence-electron chi connectivity index (χ1n) is 18.2. The summed E-state index contributed by atoms with van der Waals surface area (Å²) in [5, 5.41) is 0. The summed E-state index contributed by atoms with van der Waals surface area (Å²) in [6.45, 7) is 0. The van der Waals surface area contributed by atoms with E-state index in [2.05, 4.69) is 0 Å². The van der Waals surface area contributed by atoms with Crippen LogP contribution in [0.1, 0.15) is 0 Å². The Labute approximate surface area is 350 Å². The molecule has 0 radical (unpaired) electrons. The van der Waals surface area contributed by atoms with Crippen molar-refractivity contribution in [3.05, 3.63) is 146 Å². The summed E-state index contributed by atoms with van der Waals surface area (Å²) in [5.74, 6) is 4.14. The minimum atomic E-state index is -4.22. The van der Waals surface area contributed by atoms with E-state index >= 15 is 0 Å². The van der Waals surface area contributed by atoms with Gasteiger partial charge in [0.25, 0.3) is 0 Å². The van der Waals surface area contributed by atoms with Gasteiger partial charge in [0.1, 0.15) is 0 Å². The summed E-state index contributed by atoms with van der Waals surface area (Å²) in [6.07, 6.45) is 0. The Morgan fingerprint density at radius 1 is 0.367 bits per heavy atom. The molecule has 0 N–H and O–H groups in total. The van der Waals surface area contributed by atoms with Crippen molar-refractivity contribution < 1.29 is 56.2 Å². The van der Waals surface area contributed by atoms with Crippen LogP contribution in [0.4, 0.5) is 0 Å². The first kappa shape index (κ1) is 42.1. The van der Waals surface area contributed by atoms with E-state index in [1.165, 1.54) is 30.5 Å². The number of nitrogens with zero attached hydrogens (tertiary/aromatic N) is 3. The quantitative estimate of drug-likeness (QED) is 0.0759. The molecule has 6 aromatic rings. The van der Waals surface area contributed by atoms with Crippen LogP contribution in [0.5, 0.6) is 69.0 Å². The fraction of sp³-hybridized carbons (Fsp3) is 0.143. The maximum absolute atomic E-state index is 7.12. The summed E-state index contributed by atoms with van der Waals surface area (Å²) < 4.78 is 71.2. The van der Waals surface area contributed by atoms with Gasteiger partial charge in [-0.15, -0.1) is 4.52 Å². The standard InChI is InChI=1S/C42H42N3O12P3/c1-46-31-19-7-13-25-37(31)52-44-58(54-39-27-15-9-21-33(39)48-3)43-60(56-41-29-17-11-23-35(41)50-5,57-42-30-18-12-24-36(42)51-6)45(53-38-26-14-8-20-32(38)47-2)59(44)55-40-28-16-10-22-34(40)49-4/h7-30H,1-6H3. The van der Waals surface area contributed by atoms with Gasteiger partial charge in [0.15, 0.2) is 69.0 Å². The second-order valence-electron chi connectivity index (χ2n) is 12.0. The summed E-state index contributed by atoms with van der Waals surface area (Å²) in [6, 6.07) is 42.7. The molecule has 0 saturated carbocycles. The summed E-state index contributed by atoms with van der Waals surface area (Å²) in [4.78, 5) is 13.8. The predicted molar refractivity (Wildman–Crippen MR) is 229 cm³/mol. The third kappa shape index (κ3) is 9.21. The largest absolute Gasteiger partial charge is 0.493 e. The van der Waals surface area contributed by atoms with E-state index in [9.17, 15) is 0 Å². The van der Waals surface area contributed by atoms with Crippen molar-refractivity contribution in [3.63, 3.8) is 0 Å². The molecule has 0 bridgehead atoms. The molecule has 1 aliphatic heterocycles. The Hall–Kier alpha value is -6.07. The molecule has 6 aromatic carbocycles. The van der Waals surface area contributed by atoms with Crippen LogP contribution in [0, 0.1) is 0 Å². The van der Waals surface area contributed by atoms with Crippen molar-refractivity contribution in [1.29, 1.82) is 0 Å². The van der Waals surface area contributed by atoms with Crippen molar-refractivity contribution in [1.82, 2.24) is 9.21 Å². The lowest BCUT2D eigenvalue weighted by Crippen LogP contribution is -2.37. The minimum absolute atomic E-state index is 0.261.